The molecule has 1 N–H and O–H groups in total. The number of carbonyl (C=O) groups excluding carboxylic acids is 1. The molecule has 0 saturated carbocycles. The van der Waals surface area contributed by atoms with Crippen molar-refractivity contribution in [3.63, 3.8) is 0 Å². The second-order valence-electron chi connectivity index (χ2n) is 5.40. The fourth-order valence-corrected chi connectivity index (χ4v) is 2.66. The van der Waals surface area contributed by atoms with Crippen molar-refractivity contribution in [3.8, 4) is 5.88 Å². The van der Waals surface area contributed by atoms with Crippen molar-refractivity contribution >= 4 is 5.91 Å². The minimum Gasteiger partial charge on any atom is -0.477 e. The predicted octanol–water partition coefficient (Wildman–Crippen LogP) is 2.35. The third kappa shape index (κ3) is 3.68. The first-order valence-electron chi connectivity index (χ1n) is 7.82. The quantitative estimate of drug-likeness (QED) is 0.920. The Kier molecular flexibility index (Phi) is 4.88. The van der Waals surface area contributed by atoms with Crippen molar-refractivity contribution in [1.82, 2.24) is 10.3 Å². The maximum Gasteiger partial charge on any atom is 0.256 e. The van der Waals surface area contributed by atoms with Gasteiger partial charge in [-0.05, 0) is 30.2 Å². The van der Waals surface area contributed by atoms with Crippen molar-refractivity contribution in [3.05, 3.63) is 59.3 Å². The number of fused-ring (bicyclic) bond motifs is 1. The number of benzene rings is 1. The Balaban J connectivity index is 1.60. The lowest BCUT2D eigenvalue weighted by Crippen LogP contribution is -2.37. The maximum atomic E-state index is 12.3. The molecule has 0 fully saturated rings. The zero-order valence-corrected chi connectivity index (χ0v) is 13.1. The molecule has 0 radical (unpaired) electrons. The zero-order valence-electron chi connectivity index (χ0n) is 13.1. The molecule has 2 aromatic rings. The molecule has 1 aromatic carbocycles. The highest BCUT2D eigenvalue weighted by Gasteiger charge is 2.20. The molecule has 1 aliphatic heterocycles. The van der Waals surface area contributed by atoms with Crippen LogP contribution in [0, 0.1) is 0 Å². The van der Waals surface area contributed by atoms with Gasteiger partial charge in [0.2, 0.25) is 5.88 Å². The molecule has 0 saturated heterocycles. The highest BCUT2D eigenvalue weighted by molar-refractivity contribution is 5.96. The Morgan fingerprint density at radius 1 is 1.30 bits per heavy atom. The summed E-state index contributed by atoms with van der Waals surface area (Å²) in [7, 11) is 0. The number of rotatable bonds is 5. The molecule has 5 nitrogen and oxygen atoms in total. The highest BCUT2D eigenvalue weighted by atomic mass is 16.5. The van der Waals surface area contributed by atoms with Gasteiger partial charge >= 0.3 is 0 Å². The van der Waals surface area contributed by atoms with E-state index in [1.807, 2.05) is 19.1 Å². The number of ether oxygens (including phenoxy) is 2. The van der Waals surface area contributed by atoms with E-state index in [1.165, 1.54) is 11.1 Å². The zero-order chi connectivity index (χ0) is 16.1. The van der Waals surface area contributed by atoms with Crippen LogP contribution in [-0.2, 0) is 17.8 Å². The number of nitrogens with one attached hydrogen (secondary N) is 1. The molecule has 3 rings (SSSR count). The monoisotopic (exact) mass is 312 g/mol. The Morgan fingerprint density at radius 2 is 2.13 bits per heavy atom. The van der Waals surface area contributed by atoms with Gasteiger partial charge in [-0.25, -0.2) is 4.98 Å². The Bertz CT molecular complexity index is 687. The van der Waals surface area contributed by atoms with E-state index in [0.29, 0.717) is 31.2 Å². The van der Waals surface area contributed by atoms with Gasteiger partial charge in [0.15, 0.2) is 0 Å². The number of hydrogen-bond donors (Lipinski definition) is 1. The van der Waals surface area contributed by atoms with Gasteiger partial charge in [0, 0.05) is 19.2 Å². The topological polar surface area (TPSA) is 60.5 Å². The van der Waals surface area contributed by atoms with Crippen LogP contribution >= 0.6 is 0 Å². The highest BCUT2D eigenvalue weighted by Crippen LogP contribution is 2.20. The molecule has 2 heterocycles. The molecule has 0 bridgehead atoms. The SMILES string of the molecule is CCOc1ncccc1C(=O)NCC1Cc2ccccc2CO1. The molecule has 23 heavy (non-hydrogen) atoms. The summed E-state index contributed by atoms with van der Waals surface area (Å²) >= 11 is 0. The van der Waals surface area contributed by atoms with Crippen LogP contribution in [0.1, 0.15) is 28.4 Å². The third-order valence-corrected chi connectivity index (χ3v) is 3.83. The summed E-state index contributed by atoms with van der Waals surface area (Å²) in [5, 5.41) is 2.91. The summed E-state index contributed by atoms with van der Waals surface area (Å²) in [6.45, 7) is 3.39. The number of hydrogen-bond acceptors (Lipinski definition) is 4. The van der Waals surface area contributed by atoms with E-state index >= 15 is 0 Å². The average Bonchev–Trinajstić information content (AvgIpc) is 2.60. The number of amides is 1. The molecule has 0 spiro atoms. The lowest BCUT2D eigenvalue weighted by atomic mass is 9.99. The van der Waals surface area contributed by atoms with Crippen LogP contribution in [0.5, 0.6) is 5.88 Å². The minimum atomic E-state index is -0.191. The van der Waals surface area contributed by atoms with Gasteiger partial charge < -0.3 is 14.8 Å². The van der Waals surface area contributed by atoms with E-state index in [0.717, 1.165) is 6.42 Å². The van der Waals surface area contributed by atoms with Crippen LogP contribution in [0.2, 0.25) is 0 Å². The molecule has 1 amide bonds. The van der Waals surface area contributed by atoms with Crippen molar-refractivity contribution in [1.29, 1.82) is 0 Å². The maximum absolute atomic E-state index is 12.3. The van der Waals surface area contributed by atoms with Crippen LogP contribution in [0.15, 0.2) is 42.6 Å². The van der Waals surface area contributed by atoms with Gasteiger partial charge in [-0.3, -0.25) is 4.79 Å². The molecule has 1 unspecified atom stereocenters. The van der Waals surface area contributed by atoms with Crippen LogP contribution in [-0.4, -0.2) is 30.1 Å². The molecule has 1 aromatic heterocycles. The number of carbonyl (C=O) groups is 1. The van der Waals surface area contributed by atoms with Crippen LogP contribution < -0.4 is 10.1 Å². The first-order valence-corrected chi connectivity index (χ1v) is 7.82. The first kappa shape index (κ1) is 15.5. The van der Waals surface area contributed by atoms with E-state index in [2.05, 4.69) is 22.4 Å². The number of nitrogens with zero attached hydrogens (tertiary/aromatic N) is 1. The van der Waals surface area contributed by atoms with Gasteiger partial charge in [0.05, 0.1) is 19.3 Å². The Morgan fingerprint density at radius 3 is 2.96 bits per heavy atom. The molecule has 5 heteroatoms. The van der Waals surface area contributed by atoms with Crippen LogP contribution in [0.25, 0.3) is 0 Å². The standard InChI is InChI=1S/C18H20N2O3/c1-2-22-18-16(8-5-9-19-18)17(21)20-11-15-10-13-6-3-4-7-14(13)12-23-15/h3-9,15H,2,10-12H2,1H3,(H,20,21). The fraction of sp³-hybridized carbons (Fsp3) is 0.333. The summed E-state index contributed by atoms with van der Waals surface area (Å²) in [6.07, 6.45) is 2.41. The molecule has 0 aliphatic carbocycles. The largest absolute Gasteiger partial charge is 0.477 e. The van der Waals surface area contributed by atoms with E-state index in [-0.39, 0.29) is 12.0 Å². The Hall–Kier alpha value is -2.40. The smallest absolute Gasteiger partial charge is 0.256 e. The third-order valence-electron chi connectivity index (χ3n) is 3.83. The second-order valence-corrected chi connectivity index (χ2v) is 5.40. The second kappa shape index (κ2) is 7.24. The van der Waals surface area contributed by atoms with Crippen molar-refractivity contribution in [2.45, 2.75) is 26.1 Å². The minimum absolute atomic E-state index is 0.0129. The number of aromatic nitrogens is 1. The van der Waals surface area contributed by atoms with E-state index in [1.54, 1.807) is 18.3 Å². The molecular weight excluding hydrogens is 292 g/mol. The summed E-state index contributed by atoms with van der Waals surface area (Å²) in [5.41, 5.74) is 2.96. The molecule has 1 atom stereocenters. The van der Waals surface area contributed by atoms with Crippen LogP contribution in [0.4, 0.5) is 0 Å². The summed E-state index contributed by atoms with van der Waals surface area (Å²) in [5.74, 6) is 0.173. The normalized spacial score (nSPS) is 16.5. The summed E-state index contributed by atoms with van der Waals surface area (Å²) in [4.78, 5) is 16.4. The van der Waals surface area contributed by atoms with Gasteiger partial charge in [0.1, 0.15) is 5.56 Å². The fourth-order valence-electron chi connectivity index (χ4n) is 2.66. The van der Waals surface area contributed by atoms with Gasteiger partial charge in [0.25, 0.3) is 5.91 Å². The van der Waals surface area contributed by atoms with E-state index < -0.39 is 0 Å². The lowest BCUT2D eigenvalue weighted by Gasteiger charge is -2.25. The molecular formula is C18H20N2O3. The predicted molar refractivity (Wildman–Crippen MR) is 86.5 cm³/mol. The summed E-state index contributed by atoms with van der Waals surface area (Å²) in [6, 6.07) is 11.7. The van der Waals surface area contributed by atoms with Crippen LogP contribution in [0.3, 0.4) is 0 Å². The van der Waals surface area contributed by atoms with E-state index in [9.17, 15) is 4.79 Å². The first-order chi connectivity index (χ1) is 11.3. The van der Waals surface area contributed by atoms with Gasteiger partial charge in [-0.1, -0.05) is 24.3 Å². The van der Waals surface area contributed by atoms with E-state index in [4.69, 9.17) is 9.47 Å². The summed E-state index contributed by atoms with van der Waals surface area (Å²) < 4.78 is 11.2. The Labute approximate surface area is 135 Å². The average molecular weight is 312 g/mol. The lowest BCUT2D eigenvalue weighted by molar-refractivity contribution is 0.0284. The molecule has 120 valence electrons. The molecule has 1 aliphatic rings. The van der Waals surface area contributed by atoms with Crippen molar-refractivity contribution in [2.75, 3.05) is 13.2 Å². The van der Waals surface area contributed by atoms with Gasteiger partial charge in [-0.2, -0.15) is 0 Å². The van der Waals surface area contributed by atoms with Gasteiger partial charge in [-0.15, -0.1) is 0 Å². The van der Waals surface area contributed by atoms with Crippen molar-refractivity contribution < 1.29 is 14.3 Å². The number of pyridine rings is 1. The van der Waals surface area contributed by atoms with Crippen molar-refractivity contribution in [2.24, 2.45) is 0 Å².